The van der Waals surface area contributed by atoms with Crippen LogP contribution in [-0.4, -0.2) is 24.3 Å². The standard InChI is InChI=1S/C16H19N3O3/c1-3-21-14-8-5-12(6-9-14)18-15-10-7-13(11-17-15)19-16(20)22-4-2/h5-11H,3-4H2,1-2H3,(H,17,18)(H,19,20). The van der Waals surface area contributed by atoms with Gasteiger partial charge in [0.25, 0.3) is 0 Å². The van der Waals surface area contributed by atoms with Gasteiger partial charge in [0.05, 0.1) is 25.1 Å². The Morgan fingerprint density at radius 1 is 1.05 bits per heavy atom. The van der Waals surface area contributed by atoms with E-state index in [2.05, 4.69) is 15.6 Å². The van der Waals surface area contributed by atoms with Gasteiger partial charge >= 0.3 is 6.09 Å². The summed E-state index contributed by atoms with van der Waals surface area (Å²) in [5, 5.41) is 5.76. The number of anilines is 3. The summed E-state index contributed by atoms with van der Waals surface area (Å²) in [5.41, 5.74) is 1.48. The van der Waals surface area contributed by atoms with Crippen LogP contribution in [-0.2, 0) is 4.74 Å². The maximum absolute atomic E-state index is 11.3. The first-order valence-corrected chi connectivity index (χ1v) is 7.11. The fourth-order valence-electron chi connectivity index (χ4n) is 1.78. The molecule has 1 aromatic carbocycles. The molecular formula is C16H19N3O3. The van der Waals surface area contributed by atoms with Crippen molar-refractivity contribution in [3.05, 3.63) is 42.6 Å². The van der Waals surface area contributed by atoms with Crippen molar-refractivity contribution in [2.24, 2.45) is 0 Å². The molecule has 0 bridgehead atoms. The van der Waals surface area contributed by atoms with Crippen LogP contribution in [0.2, 0.25) is 0 Å². The van der Waals surface area contributed by atoms with Crippen molar-refractivity contribution in [1.82, 2.24) is 4.98 Å². The summed E-state index contributed by atoms with van der Waals surface area (Å²) in [5.74, 6) is 1.51. The highest BCUT2D eigenvalue weighted by Crippen LogP contribution is 2.19. The average molecular weight is 301 g/mol. The molecule has 116 valence electrons. The number of pyridine rings is 1. The summed E-state index contributed by atoms with van der Waals surface area (Å²) in [6, 6.07) is 11.1. The number of ether oxygens (including phenoxy) is 2. The predicted molar refractivity (Wildman–Crippen MR) is 85.8 cm³/mol. The molecule has 0 radical (unpaired) electrons. The van der Waals surface area contributed by atoms with Crippen molar-refractivity contribution in [2.45, 2.75) is 13.8 Å². The zero-order valence-corrected chi connectivity index (χ0v) is 12.6. The first kappa shape index (κ1) is 15.6. The van der Waals surface area contributed by atoms with Crippen molar-refractivity contribution in [2.75, 3.05) is 23.8 Å². The highest BCUT2D eigenvalue weighted by molar-refractivity contribution is 5.84. The Morgan fingerprint density at radius 3 is 2.36 bits per heavy atom. The molecule has 0 saturated carbocycles. The lowest BCUT2D eigenvalue weighted by atomic mass is 10.3. The second-order valence-corrected chi connectivity index (χ2v) is 4.36. The van der Waals surface area contributed by atoms with Gasteiger partial charge in [0.1, 0.15) is 11.6 Å². The lowest BCUT2D eigenvalue weighted by Gasteiger charge is -2.08. The highest BCUT2D eigenvalue weighted by atomic mass is 16.5. The molecule has 0 atom stereocenters. The third-order valence-corrected chi connectivity index (χ3v) is 2.72. The fraction of sp³-hybridized carbons (Fsp3) is 0.250. The molecule has 0 aliphatic rings. The number of hydrogen-bond donors (Lipinski definition) is 2. The molecule has 6 nitrogen and oxygen atoms in total. The van der Waals surface area contributed by atoms with Crippen LogP contribution in [0.1, 0.15) is 13.8 Å². The van der Waals surface area contributed by atoms with Crippen LogP contribution >= 0.6 is 0 Å². The molecule has 2 aromatic rings. The van der Waals surface area contributed by atoms with Gasteiger partial charge in [-0.3, -0.25) is 5.32 Å². The smallest absolute Gasteiger partial charge is 0.411 e. The quantitative estimate of drug-likeness (QED) is 0.849. The summed E-state index contributed by atoms with van der Waals surface area (Å²) in [6.45, 7) is 4.67. The van der Waals surface area contributed by atoms with Crippen LogP contribution in [0.25, 0.3) is 0 Å². The van der Waals surface area contributed by atoms with Crippen LogP contribution in [0, 0.1) is 0 Å². The number of nitrogens with one attached hydrogen (secondary N) is 2. The summed E-state index contributed by atoms with van der Waals surface area (Å²) < 4.78 is 10.2. The zero-order chi connectivity index (χ0) is 15.8. The Hall–Kier alpha value is -2.76. The molecule has 0 fully saturated rings. The summed E-state index contributed by atoms with van der Waals surface area (Å²) in [7, 11) is 0. The molecule has 0 aliphatic heterocycles. The monoisotopic (exact) mass is 301 g/mol. The topological polar surface area (TPSA) is 72.5 Å². The molecule has 0 spiro atoms. The molecule has 2 rings (SSSR count). The number of nitrogens with zero attached hydrogens (tertiary/aromatic N) is 1. The predicted octanol–water partition coefficient (Wildman–Crippen LogP) is 3.79. The largest absolute Gasteiger partial charge is 0.494 e. The minimum atomic E-state index is -0.489. The first-order valence-electron chi connectivity index (χ1n) is 7.11. The number of carbonyl (C=O) groups excluding carboxylic acids is 1. The van der Waals surface area contributed by atoms with Gasteiger partial charge in [-0.2, -0.15) is 0 Å². The Bertz CT molecular complexity index is 597. The summed E-state index contributed by atoms with van der Waals surface area (Å²) in [4.78, 5) is 15.5. The number of benzene rings is 1. The zero-order valence-electron chi connectivity index (χ0n) is 12.6. The molecule has 1 heterocycles. The van der Waals surface area contributed by atoms with E-state index >= 15 is 0 Å². The number of aromatic nitrogens is 1. The maximum Gasteiger partial charge on any atom is 0.411 e. The maximum atomic E-state index is 11.3. The fourth-order valence-corrected chi connectivity index (χ4v) is 1.78. The molecule has 1 aromatic heterocycles. The SMILES string of the molecule is CCOC(=O)Nc1ccc(Nc2ccc(OCC)cc2)nc1. The molecule has 0 aliphatic carbocycles. The van der Waals surface area contributed by atoms with Gasteiger partial charge in [0.2, 0.25) is 0 Å². The number of hydrogen-bond acceptors (Lipinski definition) is 5. The van der Waals surface area contributed by atoms with Gasteiger partial charge in [0, 0.05) is 5.69 Å². The molecule has 1 amide bonds. The van der Waals surface area contributed by atoms with E-state index in [1.165, 1.54) is 0 Å². The third kappa shape index (κ3) is 4.66. The van der Waals surface area contributed by atoms with Crippen molar-refractivity contribution < 1.29 is 14.3 Å². The van der Waals surface area contributed by atoms with Gasteiger partial charge in [-0.1, -0.05) is 0 Å². The highest BCUT2D eigenvalue weighted by Gasteiger charge is 2.03. The van der Waals surface area contributed by atoms with Crippen LogP contribution in [0.3, 0.4) is 0 Å². The molecule has 22 heavy (non-hydrogen) atoms. The Kier molecular flexibility index (Phi) is 5.59. The normalized spacial score (nSPS) is 9.91. The molecule has 2 N–H and O–H groups in total. The van der Waals surface area contributed by atoms with Gasteiger partial charge < -0.3 is 14.8 Å². The van der Waals surface area contributed by atoms with Crippen molar-refractivity contribution in [1.29, 1.82) is 0 Å². The van der Waals surface area contributed by atoms with Gasteiger partial charge in [-0.15, -0.1) is 0 Å². The van der Waals surface area contributed by atoms with Gasteiger partial charge in [-0.05, 0) is 50.2 Å². The van der Waals surface area contributed by atoms with Crippen LogP contribution in [0.5, 0.6) is 5.75 Å². The minimum absolute atomic E-state index is 0.330. The molecular weight excluding hydrogens is 282 g/mol. The van der Waals surface area contributed by atoms with Crippen molar-refractivity contribution in [3.63, 3.8) is 0 Å². The van der Waals surface area contributed by atoms with E-state index in [1.807, 2.05) is 31.2 Å². The average Bonchev–Trinajstić information content (AvgIpc) is 2.52. The second kappa shape index (κ2) is 7.87. The summed E-state index contributed by atoms with van der Waals surface area (Å²) in [6.07, 6.45) is 1.07. The third-order valence-electron chi connectivity index (χ3n) is 2.72. The minimum Gasteiger partial charge on any atom is -0.494 e. The molecule has 0 unspecified atom stereocenters. The molecule has 6 heteroatoms. The van der Waals surface area contributed by atoms with Crippen LogP contribution < -0.4 is 15.4 Å². The van der Waals surface area contributed by atoms with Gasteiger partial charge in [-0.25, -0.2) is 9.78 Å². The van der Waals surface area contributed by atoms with E-state index in [1.54, 1.807) is 25.3 Å². The van der Waals surface area contributed by atoms with Crippen molar-refractivity contribution >= 4 is 23.3 Å². The lowest BCUT2D eigenvalue weighted by molar-refractivity contribution is 0.168. The van der Waals surface area contributed by atoms with E-state index in [0.29, 0.717) is 24.7 Å². The number of amides is 1. The van der Waals surface area contributed by atoms with E-state index < -0.39 is 6.09 Å². The first-order chi connectivity index (χ1) is 10.7. The molecule has 0 saturated heterocycles. The van der Waals surface area contributed by atoms with Crippen LogP contribution in [0.15, 0.2) is 42.6 Å². The van der Waals surface area contributed by atoms with E-state index in [9.17, 15) is 4.79 Å². The van der Waals surface area contributed by atoms with Gasteiger partial charge in [0.15, 0.2) is 0 Å². The summed E-state index contributed by atoms with van der Waals surface area (Å²) >= 11 is 0. The number of carbonyl (C=O) groups is 1. The Labute approximate surface area is 129 Å². The second-order valence-electron chi connectivity index (χ2n) is 4.36. The van der Waals surface area contributed by atoms with E-state index in [0.717, 1.165) is 11.4 Å². The van der Waals surface area contributed by atoms with E-state index in [4.69, 9.17) is 9.47 Å². The van der Waals surface area contributed by atoms with E-state index in [-0.39, 0.29) is 0 Å². The number of rotatable bonds is 6. The van der Waals surface area contributed by atoms with Crippen molar-refractivity contribution in [3.8, 4) is 5.75 Å². The Morgan fingerprint density at radius 2 is 1.77 bits per heavy atom. The Balaban J connectivity index is 1.94. The van der Waals surface area contributed by atoms with Crippen LogP contribution in [0.4, 0.5) is 22.0 Å². The lowest BCUT2D eigenvalue weighted by Crippen LogP contribution is -2.13.